The number of aliphatic hydroxyl groups excluding tert-OH is 1. The molecule has 2 aromatic carbocycles. The van der Waals surface area contributed by atoms with E-state index in [4.69, 9.17) is 28.8 Å². The third-order valence-electron chi connectivity index (χ3n) is 14.3. The van der Waals surface area contributed by atoms with Gasteiger partial charge >= 0.3 is 6.03 Å². The molecule has 2 aliphatic rings. The van der Waals surface area contributed by atoms with E-state index in [0.717, 1.165) is 0 Å². The molecule has 4 heterocycles. The number of guanidine groups is 1. The normalized spacial score (nSPS) is 19.7. The minimum absolute atomic E-state index is 0.0298. The summed E-state index contributed by atoms with van der Waals surface area (Å²) in [4.78, 5) is 168. The first kappa shape index (κ1) is 62.7. The lowest BCUT2D eigenvalue weighted by Gasteiger charge is -2.31. The zero-order chi connectivity index (χ0) is 71.0. The minimum Gasteiger partial charge on any atom is -0.508 e. The van der Waals surface area contributed by atoms with Crippen LogP contribution in [0.2, 0.25) is 0 Å². The second-order valence-corrected chi connectivity index (χ2v) is 23.0. The van der Waals surface area contributed by atoms with Gasteiger partial charge in [0.15, 0.2) is 5.96 Å². The van der Waals surface area contributed by atoms with Gasteiger partial charge in [0.05, 0.1) is 26.5 Å². The van der Waals surface area contributed by atoms with Crippen LogP contribution in [0.5, 0.6) is 5.75 Å². The van der Waals surface area contributed by atoms with E-state index in [1.54, 1.807) is 64.2 Å². The number of hydrazine groups is 1. The Morgan fingerprint density at radius 1 is 0.769 bits per heavy atom. The molecule has 32 nitrogen and oxygen atoms in total. The molecule has 1 unspecified atom stereocenters. The molecule has 6 rings (SSSR count). The monoisotopic (exact) mass is 1270 g/mol. The average molecular weight is 1270 g/mol. The number of aliphatic hydroxyl groups is 1. The highest BCUT2D eigenvalue weighted by atomic mass is 16.5. The first-order valence-electron chi connectivity index (χ1n) is 31.8. The van der Waals surface area contributed by atoms with Gasteiger partial charge in [-0.2, -0.15) is 0 Å². The number of aromatic amines is 2. The fourth-order valence-corrected chi connectivity index (χ4v) is 9.79. The number of nitrogens with two attached hydrogens (primary N) is 3. The zero-order valence-electron chi connectivity index (χ0n) is 55.9. The number of hydrogen-bond acceptors (Lipinski definition) is 16. The molecule has 0 bridgehead atoms. The van der Waals surface area contributed by atoms with Crippen molar-refractivity contribution in [1.29, 1.82) is 0 Å². The van der Waals surface area contributed by atoms with Crippen molar-refractivity contribution in [3.8, 4) is 5.75 Å². The molecular formula is C59H84N18O14. The third-order valence-corrected chi connectivity index (χ3v) is 14.3. The van der Waals surface area contributed by atoms with Crippen molar-refractivity contribution in [2.24, 2.45) is 28.1 Å². The molecular weight excluding hydrogens is 1180 g/mol. The molecule has 0 radical (unpaired) electrons. The Morgan fingerprint density at radius 3 is 1.99 bits per heavy atom. The Hall–Kier alpha value is -9.85. The lowest BCUT2D eigenvalue weighted by atomic mass is 10.0. The van der Waals surface area contributed by atoms with Crippen LogP contribution < -0.4 is 70.6 Å². The lowest BCUT2D eigenvalue weighted by molar-refractivity contribution is -0.142. The summed E-state index contributed by atoms with van der Waals surface area (Å²) in [6.45, 7) is 6.95. The maximum absolute atomic E-state index is 14.8. The van der Waals surface area contributed by atoms with Crippen molar-refractivity contribution in [2.45, 2.75) is 159 Å². The zero-order valence-corrected chi connectivity index (χ0v) is 50.9. The standard InChI is InChI=1S/C59H84N18O14/c1-31(2)22-40(49(82)68-39(12-8-20-64-57(60)61)56(89)77-21-9-13-46(77)55(88)75-76-58(62)90)69-54(87)45(29-91-59(3,4)5)74-50(83)41(23-32-14-16-35(79)17-15-32)70-53(86)44(28-78)73-51(84)42(24-33-26-65-37-11-7-6-10-36(33)37)71-52(85)43(25-34-27-63-30-66-34)72-48(81)38-18-19-47(80)67-38/h6-7,10-11,14-17,26-27,30-31,38-46,65,78-79H,8-9,12-13,18-25,28-29H2,1-5H3,(H,63,66)(H,67,80)(H,68,82)(H,69,87)(H,70,86)(H,71,85)(H,72,81)(H,73,84)(H,74,83)(H,75,88)(H4,60,61,64)(H3,62,76,90)/t38-,39?,40-,41-,42-,43-,44-,45+,46-/m0/s1/i18D2,19D2,38D. The number of imidazole rings is 1. The second kappa shape index (κ2) is 33.1. The molecule has 0 aliphatic carbocycles. The van der Waals surface area contributed by atoms with E-state index in [-0.39, 0.29) is 74.9 Å². The van der Waals surface area contributed by atoms with Gasteiger partial charge in [0.2, 0.25) is 53.2 Å². The summed E-state index contributed by atoms with van der Waals surface area (Å²) in [5.74, 6) is -11.7. The number of aliphatic imine (C=N–C) groups is 1. The molecule has 32 heteroatoms. The predicted octanol–water partition coefficient (Wildman–Crippen LogP) is -3.11. The van der Waals surface area contributed by atoms with E-state index in [1.807, 2.05) is 5.43 Å². The van der Waals surface area contributed by atoms with Gasteiger partial charge in [0, 0.05) is 73.2 Å². The molecule has 2 aromatic heterocycles. The van der Waals surface area contributed by atoms with Crippen molar-refractivity contribution >= 4 is 82.0 Å². The molecule has 2 fully saturated rings. The van der Waals surface area contributed by atoms with Gasteiger partial charge in [-0.25, -0.2) is 15.2 Å². The fourth-order valence-electron chi connectivity index (χ4n) is 9.79. The molecule has 2 saturated heterocycles. The molecule has 12 amide bonds. The predicted molar refractivity (Wildman–Crippen MR) is 329 cm³/mol. The number of carbonyl (C=O) groups is 11. The number of rotatable bonds is 31. The molecule has 9 atom stereocenters. The van der Waals surface area contributed by atoms with Crippen LogP contribution >= 0.6 is 0 Å². The number of nitrogens with one attached hydrogen (secondary N) is 12. The van der Waals surface area contributed by atoms with E-state index in [0.29, 0.717) is 28.5 Å². The fraction of sp³-hybridized carbons (Fsp3) is 0.508. The third kappa shape index (κ3) is 21.7. The van der Waals surface area contributed by atoms with Gasteiger partial charge in [-0.1, -0.05) is 44.2 Å². The van der Waals surface area contributed by atoms with Crippen LogP contribution in [-0.2, 0) is 71.9 Å². The highest BCUT2D eigenvalue weighted by molar-refractivity contribution is 5.99. The number of primary amides is 1. The summed E-state index contributed by atoms with van der Waals surface area (Å²) in [7, 11) is 0. The van der Waals surface area contributed by atoms with Crippen molar-refractivity contribution in [3.05, 3.63) is 84.1 Å². The first-order chi connectivity index (χ1) is 45.0. The number of fused-ring (bicyclic) bond motifs is 1. The smallest absolute Gasteiger partial charge is 0.330 e. The highest BCUT2D eigenvalue weighted by Crippen LogP contribution is 2.22. The summed E-state index contributed by atoms with van der Waals surface area (Å²) in [5, 5.41) is 41.0. The Bertz CT molecular complexity index is 3500. The van der Waals surface area contributed by atoms with Gasteiger partial charge in [0.25, 0.3) is 5.91 Å². The number of para-hydroxylation sites is 1. The van der Waals surface area contributed by atoms with Crippen molar-refractivity contribution < 1.29 is 74.5 Å². The SMILES string of the molecule is [2H]C1([2H])C(=O)N[C@]([2H])(C(=O)N[C@@H](Cc2cnc[nH]2)C(=O)N[C@@H](Cc2c[nH]c3ccccc23)C(=O)N[C@@H](CO)C(=O)N[C@@H](Cc2ccc(O)cc2)C(=O)N[C@H](COC(C)(C)C)C(=O)N[C@@H](CC(C)C)C(=O)NC(CCCN=C(N)N)C(=O)N2CCC[C@H]2C(=O)NNC(N)=O)C1([2H])[2H]. The van der Waals surface area contributed by atoms with Crippen LogP contribution in [-0.4, -0.2) is 187 Å². The summed E-state index contributed by atoms with van der Waals surface area (Å²) >= 11 is 0. The van der Waals surface area contributed by atoms with Crippen LogP contribution in [0.4, 0.5) is 4.79 Å². The van der Waals surface area contributed by atoms with E-state index in [1.165, 1.54) is 47.9 Å². The number of nitrogens with zero attached hydrogens (tertiary/aromatic N) is 3. The number of carbonyl (C=O) groups excluding carboxylic acids is 11. The highest BCUT2D eigenvalue weighted by Gasteiger charge is 2.40. The number of ether oxygens (including phenoxy) is 1. The van der Waals surface area contributed by atoms with Crippen molar-refractivity contribution in [3.63, 3.8) is 0 Å². The van der Waals surface area contributed by atoms with Gasteiger partial charge in [0.1, 0.15) is 60.1 Å². The number of hydrogen-bond donors (Lipinski definition) is 17. The Balaban J connectivity index is 1.27. The molecule has 2 aliphatic heterocycles. The van der Waals surface area contributed by atoms with Gasteiger partial charge in [-0.05, 0) is 94.5 Å². The average Bonchev–Trinajstić information content (AvgIpc) is 1.57. The van der Waals surface area contributed by atoms with E-state index < -0.39 is 157 Å². The number of phenols is 1. The summed E-state index contributed by atoms with van der Waals surface area (Å²) < 4.78 is 47.3. The number of urea groups is 1. The summed E-state index contributed by atoms with van der Waals surface area (Å²) in [6, 6.07) is -4.61. The molecule has 4 aromatic rings. The maximum atomic E-state index is 14.8. The summed E-state index contributed by atoms with van der Waals surface area (Å²) in [5.41, 5.74) is 21.0. The lowest BCUT2D eigenvalue weighted by Crippen LogP contribution is -2.62. The maximum Gasteiger partial charge on any atom is 0.330 e. The molecule has 494 valence electrons. The number of phenolic OH excluding ortho intramolecular Hbond substituents is 1. The van der Waals surface area contributed by atoms with E-state index in [2.05, 4.69) is 62.6 Å². The number of H-pyrrole nitrogens is 2. The molecule has 0 saturated carbocycles. The van der Waals surface area contributed by atoms with Crippen molar-refractivity contribution in [1.82, 2.24) is 73.2 Å². The molecule has 0 spiro atoms. The number of amides is 12. The number of benzene rings is 2. The Kier molecular flexibility index (Phi) is 22.8. The van der Waals surface area contributed by atoms with Gasteiger partial charge in [-0.15, -0.1) is 0 Å². The second-order valence-electron chi connectivity index (χ2n) is 23.0. The van der Waals surface area contributed by atoms with E-state index in [9.17, 15) is 63.0 Å². The van der Waals surface area contributed by atoms with Crippen molar-refractivity contribution in [2.75, 3.05) is 26.3 Å². The molecule has 91 heavy (non-hydrogen) atoms. The Morgan fingerprint density at radius 2 is 1.37 bits per heavy atom. The first-order valence-corrected chi connectivity index (χ1v) is 29.3. The van der Waals surface area contributed by atoms with E-state index >= 15 is 0 Å². The van der Waals surface area contributed by atoms with Crippen LogP contribution in [0.25, 0.3) is 10.9 Å². The Labute approximate surface area is 531 Å². The van der Waals surface area contributed by atoms with Crippen LogP contribution in [0.1, 0.15) is 103 Å². The topological polar surface area (TPSA) is 496 Å². The van der Waals surface area contributed by atoms with Crippen LogP contribution in [0, 0.1) is 5.92 Å². The summed E-state index contributed by atoms with van der Waals surface area (Å²) in [6.07, 6.45) is -3.33. The molecule has 20 N–H and O–H groups in total. The quantitative estimate of drug-likeness (QED) is 0.0103. The number of aromatic nitrogens is 3. The number of likely N-dealkylation sites (tertiary alicyclic amines) is 1. The van der Waals surface area contributed by atoms with Gasteiger partial charge in [-0.3, -0.25) is 58.4 Å². The number of aromatic hydroxyl groups is 1. The van der Waals surface area contributed by atoms with Crippen LogP contribution in [0.3, 0.4) is 0 Å². The minimum atomic E-state index is -3.49. The largest absolute Gasteiger partial charge is 0.508 e. The van der Waals surface area contributed by atoms with Crippen LogP contribution in [0.15, 0.2) is 72.2 Å². The van der Waals surface area contributed by atoms with Gasteiger partial charge < -0.3 is 89.6 Å².